The van der Waals surface area contributed by atoms with Crippen molar-refractivity contribution in [1.29, 1.82) is 0 Å². The fourth-order valence-corrected chi connectivity index (χ4v) is 3.20. The van der Waals surface area contributed by atoms with Crippen molar-refractivity contribution >= 4 is 34.5 Å². The van der Waals surface area contributed by atoms with Gasteiger partial charge >= 0.3 is 0 Å². The third-order valence-corrected chi connectivity index (χ3v) is 4.60. The minimum atomic E-state index is -0.355. The Kier molecular flexibility index (Phi) is 5.57. The second-order valence-corrected chi connectivity index (χ2v) is 6.40. The molecule has 1 aliphatic heterocycles. The van der Waals surface area contributed by atoms with Crippen molar-refractivity contribution in [3.05, 3.63) is 59.7 Å². The largest absolute Gasteiger partial charge is 0.395 e. The summed E-state index contributed by atoms with van der Waals surface area (Å²) in [6.45, 7) is 0.144. The number of rotatable bonds is 5. The van der Waals surface area contributed by atoms with Crippen LogP contribution in [0.5, 0.6) is 0 Å². The van der Waals surface area contributed by atoms with Gasteiger partial charge in [0.2, 0.25) is 0 Å². The summed E-state index contributed by atoms with van der Waals surface area (Å²) >= 11 is 1.39. The second kappa shape index (κ2) is 8.04. The highest BCUT2D eigenvalue weighted by Gasteiger charge is 2.26. The Morgan fingerprint density at radius 3 is 2.76 bits per heavy atom. The predicted octanol–water partition coefficient (Wildman–Crippen LogP) is 1.72. The van der Waals surface area contributed by atoms with Crippen molar-refractivity contribution in [1.82, 2.24) is 5.32 Å². The minimum Gasteiger partial charge on any atom is -0.395 e. The Bertz CT molecular complexity index is 794. The SMILES string of the molecule is O=C(NCCO)c1ccc(CSC2=NC(=O)C3C=CC=CC3=N2)cc1. The van der Waals surface area contributed by atoms with Crippen molar-refractivity contribution in [3.63, 3.8) is 0 Å². The van der Waals surface area contributed by atoms with Gasteiger partial charge in [0.1, 0.15) is 5.92 Å². The van der Waals surface area contributed by atoms with E-state index in [9.17, 15) is 9.59 Å². The zero-order chi connectivity index (χ0) is 17.6. The lowest BCUT2D eigenvalue weighted by molar-refractivity contribution is -0.118. The van der Waals surface area contributed by atoms with E-state index in [-0.39, 0.29) is 30.9 Å². The highest BCUT2D eigenvalue weighted by molar-refractivity contribution is 8.13. The molecule has 1 aliphatic carbocycles. The van der Waals surface area contributed by atoms with Gasteiger partial charge in [0.05, 0.1) is 12.3 Å². The summed E-state index contributed by atoms with van der Waals surface area (Å²) in [7, 11) is 0. The number of aliphatic hydroxyl groups excluding tert-OH is 1. The van der Waals surface area contributed by atoms with Crippen molar-refractivity contribution in [3.8, 4) is 0 Å². The summed E-state index contributed by atoms with van der Waals surface area (Å²) in [6, 6.07) is 7.16. The highest BCUT2D eigenvalue weighted by atomic mass is 32.2. The second-order valence-electron chi connectivity index (χ2n) is 5.46. The number of hydrogen-bond donors (Lipinski definition) is 2. The first-order valence-corrected chi connectivity index (χ1v) is 8.83. The van der Waals surface area contributed by atoms with E-state index in [2.05, 4.69) is 15.3 Å². The van der Waals surface area contributed by atoms with E-state index in [0.717, 1.165) is 11.3 Å². The quantitative estimate of drug-likeness (QED) is 0.841. The normalized spacial score (nSPS) is 18.4. The van der Waals surface area contributed by atoms with Gasteiger partial charge in [0.15, 0.2) is 5.17 Å². The molecule has 25 heavy (non-hydrogen) atoms. The summed E-state index contributed by atoms with van der Waals surface area (Å²) in [6.07, 6.45) is 7.31. The van der Waals surface area contributed by atoms with Gasteiger partial charge in [-0.05, 0) is 23.8 Å². The average Bonchev–Trinajstić information content (AvgIpc) is 2.65. The van der Waals surface area contributed by atoms with Crippen LogP contribution in [0.4, 0.5) is 0 Å². The molecule has 0 aromatic heterocycles. The van der Waals surface area contributed by atoms with Gasteiger partial charge in [-0.2, -0.15) is 4.99 Å². The van der Waals surface area contributed by atoms with Gasteiger partial charge in [-0.15, -0.1) is 0 Å². The Morgan fingerprint density at radius 1 is 1.20 bits per heavy atom. The molecular weight excluding hydrogens is 338 g/mol. The number of hydrogen-bond acceptors (Lipinski definition) is 5. The monoisotopic (exact) mass is 355 g/mol. The van der Waals surface area contributed by atoms with Crippen LogP contribution in [0.25, 0.3) is 0 Å². The maximum atomic E-state index is 12.0. The molecule has 2 aliphatic rings. The molecule has 2 N–H and O–H groups in total. The summed E-state index contributed by atoms with van der Waals surface area (Å²) < 4.78 is 0. The van der Waals surface area contributed by atoms with E-state index in [1.807, 2.05) is 30.4 Å². The summed E-state index contributed by atoms with van der Waals surface area (Å²) in [4.78, 5) is 32.3. The van der Waals surface area contributed by atoms with Gasteiger partial charge in [-0.25, -0.2) is 4.99 Å². The molecule has 7 heteroatoms. The third-order valence-electron chi connectivity index (χ3n) is 3.68. The fourth-order valence-electron chi connectivity index (χ4n) is 2.38. The van der Waals surface area contributed by atoms with Crippen molar-refractivity contribution in [2.75, 3.05) is 13.2 Å². The first-order valence-electron chi connectivity index (χ1n) is 7.84. The molecule has 0 fully saturated rings. The lowest BCUT2D eigenvalue weighted by Crippen LogP contribution is -2.26. The molecule has 128 valence electrons. The smallest absolute Gasteiger partial charge is 0.261 e. The summed E-state index contributed by atoms with van der Waals surface area (Å²) in [5.74, 6) is -0.161. The van der Waals surface area contributed by atoms with Crippen LogP contribution >= 0.6 is 11.8 Å². The van der Waals surface area contributed by atoms with E-state index >= 15 is 0 Å². The number of allylic oxidation sites excluding steroid dienone is 3. The third kappa shape index (κ3) is 4.32. The predicted molar refractivity (Wildman–Crippen MR) is 98.8 cm³/mol. The lowest BCUT2D eigenvalue weighted by Gasteiger charge is -2.17. The maximum absolute atomic E-state index is 12.0. The summed E-state index contributed by atoms with van der Waals surface area (Å²) in [5.41, 5.74) is 2.26. The zero-order valence-electron chi connectivity index (χ0n) is 13.4. The highest BCUT2D eigenvalue weighted by Crippen LogP contribution is 2.22. The molecule has 0 bridgehead atoms. The molecule has 1 aromatic carbocycles. The maximum Gasteiger partial charge on any atom is 0.261 e. The Balaban J connectivity index is 1.60. The molecular formula is C18H17N3O3S. The number of benzene rings is 1. The standard InChI is InChI=1S/C18H17N3O3S/c22-10-9-19-16(23)13-7-5-12(6-8-13)11-25-18-20-15-4-2-1-3-14(15)17(24)21-18/h1-8,14,22H,9-11H2,(H,19,23). The van der Waals surface area contributed by atoms with Crippen LogP contribution in [0.2, 0.25) is 0 Å². The van der Waals surface area contributed by atoms with Gasteiger partial charge in [0.25, 0.3) is 11.8 Å². The van der Waals surface area contributed by atoms with E-state index in [4.69, 9.17) is 5.11 Å². The van der Waals surface area contributed by atoms with Gasteiger partial charge < -0.3 is 10.4 Å². The lowest BCUT2D eigenvalue weighted by atomic mass is 9.97. The van der Waals surface area contributed by atoms with Crippen LogP contribution in [0.15, 0.2) is 58.6 Å². The Labute approximate surface area is 149 Å². The zero-order valence-corrected chi connectivity index (χ0v) is 14.2. The molecule has 0 radical (unpaired) electrons. The van der Waals surface area contributed by atoms with Gasteiger partial charge in [-0.3, -0.25) is 9.59 Å². The van der Waals surface area contributed by atoms with Crippen LogP contribution in [0.1, 0.15) is 15.9 Å². The van der Waals surface area contributed by atoms with Crippen molar-refractivity contribution in [2.24, 2.45) is 15.9 Å². The molecule has 0 spiro atoms. The number of amidine groups is 1. The molecule has 1 atom stereocenters. The summed E-state index contributed by atoms with van der Waals surface area (Å²) in [5, 5.41) is 11.8. The number of nitrogens with one attached hydrogen (secondary N) is 1. The molecule has 1 unspecified atom stereocenters. The molecule has 1 aromatic rings. The number of carbonyl (C=O) groups is 2. The number of aliphatic imine (C=N–C) groups is 2. The minimum absolute atomic E-state index is 0.0877. The first kappa shape index (κ1) is 17.3. The molecule has 3 rings (SSSR count). The van der Waals surface area contributed by atoms with E-state index in [1.54, 1.807) is 18.2 Å². The van der Waals surface area contributed by atoms with Gasteiger partial charge in [0, 0.05) is 17.9 Å². The molecule has 1 heterocycles. The number of amides is 2. The number of thioether (sulfide) groups is 1. The van der Waals surface area contributed by atoms with E-state index < -0.39 is 0 Å². The Morgan fingerprint density at radius 2 is 2.00 bits per heavy atom. The van der Waals surface area contributed by atoms with Crippen molar-refractivity contribution in [2.45, 2.75) is 5.75 Å². The van der Waals surface area contributed by atoms with Gasteiger partial charge in [-0.1, -0.05) is 42.1 Å². The molecule has 0 saturated carbocycles. The molecule has 0 saturated heterocycles. The number of carbonyl (C=O) groups excluding carboxylic acids is 2. The first-order chi connectivity index (χ1) is 12.2. The van der Waals surface area contributed by atoms with E-state index in [1.165, 1.54) is 11.8 Å². The van der Waals surface area contributed by atoms with Crippen LogP contribution in [-0.2, 0) is 10.5 Å². The van der Waals surface area contributed by atoms with Crippen LogP contribution in [0, 0.1) is 5.92 Å². The van der Waals surface area contributed by atoms with E-state index in [0.29, 0.717) is 16.5 Å². The topological polar surface area (TPSA) is 91.1 Å². The molecule has 2 amide bonds. The fraction of sp³-hybridized carbons (Fsp3) is 0.222. The van der Waals surface area contributed by atoms with Crippen LogP contribution in [0.3, 0.4) is 0 Å². The van der Waals surface area contributed by atoms with Crippen LogP contribution < -0.4 is 5.32 Å². The Hall–Kier alpha value is -2.51. The number of nitrogens with zero attached hydrogens (tertiary/aromatic N) is 2. The van der Waals surface area contributed by atoms with Crippen molar-refractivity contribution < 1.29 is 14.7 Å². The molecule has 6 nitrogen and oxygen atoms in total. The number of aliphatic hydroxyl groups is 1. The van der Waals surface area contributed by atoms with Crippen LogP contribution in [-0.4, -0.2) is 41.0 Å². The average molecular weight is 355 g/mol. The number of fused-ring (bicyclic) bond motifs is 1.